The molecule has 2 aliphatic rings. The van der Waals surface area contributed by atoms with Crippen LogP contribution in [0.25, 0.3) is 0 Å². The van der Waals surface area contributed by atoms with Gasteiger partial charge in [0.1, 0.15) is 0 Å². The molecule has 126 valence electrons. The Morgan fingerprint density at radius 3 is 2.83 bits per heavy atom. The standard InChI is InChI=1S/C17H24N4O.HI/c18-17(20-11-10-19-16(22)13-8-9-13)21-15-7-3-5-12-4-1-2-6-14(12)15;/h3,5,7,13H,1-2,4,6,8-11H2,(H,19,22)(H3,18,20,21);1H. The molecule has 0 bridgehead atoms. The minimum Gasteiger partial charge on any atom is -0.370 e. The lowest BCUT2D eigenvalue weighted by Crippen LogP contribution is -2.29. The summed E-state index contributed by atoms with van der Waals surface area (Å²) in [5.41, 5.74) is 9.81. The Bertz CT molecular complexity index is 584. The summed E-state index contributed by atoms with van der Waals surface area (Å²) < 4.78 is 0. The summed E-state index contributed by atoms with van der Waals surface area (Å²) in [7, 11) is 0. The quantitative estimate of drug-likeness (QED) is 0.292. The van der Waals surface area contributed by atoms with Gasteiger partial charge in [-0.3, -0.25) is 9.79 Å². The molecular weight excluding hydrogens is 403 g/mol. The smallest absolute Gasteiger partial charge is 0.223 e. The lowest BCUT2D eigenvalue weighted by molar-refractivity contribution is -0.122. The van der Waals surface area contributed by atoms with Crippen molar-refractivity contribution < 1.29 is 4.79 Å². The van der Waals surface area contributed by atoms with Crippen molar-refractivity contribution in [1.29, 1.82) is 0 Å². The molecule has 1 amide bonds. The van der Waals surface area contributed by atoms with E-state index in [-0.39, 0.29) is 35.8 Å². The Hall–Kier alpha value is -1.31. The van der Waals surface area contributed by atoms with Gasteiger partial charge in [0.15, 0.2) is 5.96 Å². The van der Waals surface area contributed by atoms with Crippen molar-refractivity contribution in [3.05, 3.63) is 29.3 Å². The molecule has 0 spiro atoms. The molecule has 0 aliphatic heterocycles. The van der Waals surface area contributed by atoms with Crippen molar-refractivity contribution in [3.63, 3.8) is 0 Å². The molecule has 3 rings (SSSR count). The van der Waals surface area contributed by atoms with Gasteiger partial charge in [-0.1, -0.05) is 12.1 Å². The first-order chi connectivity index (χ1) is 10.7. The monoisotopic (exact) mass is 428 g/mol. The molecule has 23 heavy (non-hydrogen) atoms. The molecule has 4 N–H and O–H groups in total. The molecular formula is C17H25IN4O. The van der Waals surface area contributed by atoms with E-state index in [1.807, 2.05) is 0 Å². The van der Waals surface area contributed by atoms with E-state index < -0.39 is 0 Å². The van der Waals surface area contributed by atoms with E-state index in [9.17, 15) is 4.79 Å². The molecule has 2 aliphatic carbocycles. The highest BCUT2D eigenvalue weighted by atomic mass is 127. The van der Waals surface area contributed by atoms with Gasteiger partial charge in [0.25, 0.3) is 0 Å². The second-order valence-corrected chi connectivity index (χ2v) is 6.11. The zero-order valence-electron chi connectivity index (χ0n) is 13.3. The second-order valence-electron chi connectivity index (χ2n) is 6.11. The van der Waals surface area contributed by atoms with Crippen LogP contribution < -0.4 is 16.4 Å². The van der Waals surface area contributed by atoms with Crippen LogP contribution in [0.15, 0.2) is 23.2 Å². The number of benzene rings is 1. The third-order valence-corrected chi connectivity index (χ3v) is 4.30. The number of nitrogens with zero attached hydrogens (tertiary/aromatic N) is 1. The Labute approximate surface area is 154 Å². The first-order valence-corrected chi connectivity index (χ1v) is 8.19. The van der Waals surface area contributed by atoms with Crippen LogP contribution in [0.1, 0.15) is 36.8 Å². The Balaban J connectivity index is 0.00000192. The predicted octanol–water partition coefficient (Wildman–Crippen LogP) is 2.44. The van der Waals surface area contributed by atoms with Crippen molar-refractivity contribution in [2.45, 2.75) is 38.5 Å². The first kappa shape index (κ1) is 18.0. The third kappa shape index (κ3) is 5.09. The van der Waals surface area contributed by atoms with E-state index in [4.69, 9.17) is 5.73 Å². The van der Waals surface area contributed by atoms with Gasteiger partial charge in [0, 0.05) is 18.2 Å². The molecule has 1 saturated carbocycles. The molecule has 0 unspecified atom stereocenters. The molecule has 0 saturated heterocycles. The van der Waals surface area contributed by atoms with Gasteiger partial charge in [-0.05, 0) is 55.7 Å². The minimum atomic E-state index is 0. The van der Waals surface area contributed by atoms with Crippen molar-refractivity contribution >= 4 is 41.5 Å². The highest BCUT2D eigenvalue weighted by Crippen LogP contribution is 2.28. The summed E-state index contributed by atoms with van der Waals surface area (Å²) in [6.45, 7) is 1.05. The van der Waals surface area contributed by atoms with Crippen LogP contribution >= 0.6 is 24.0 Å². The van der Waals surface area contributed by atoms with Gasteiger partial charge < -0.3 is 16.4 Å². The molecule has 5 nitrogen and oxygen atoms in total. The van der Waals surface area contributed by atoms with Crippen molar-refractivity contribution in [1.82, 2.24) is 5.32 Å². The number of carbonyl (C=O) groups is 1. The van der Waals surface area contributed by atoms with Crippen molar-refractivity contribution in [3.8, 4) is 0 Å². The second kappa shape index (κ2) is 8.52. The highest BCUT2D eigenvalue weighted by Gasteiger charge is 2.28. The number of aliphatic imine (C=N–C) groups is 1. The largest absolute Gasteiger partial charge is 0.370 e. The van der Waals surface area contributed by atoms with Crippen LogP contribution in [0.3, 0.4) is 0 Å². The summed E-state index contributed by atoms with van der Waals surface area (Å²) in [5.74, 6) is 0.814. The van der Waals surface area contributed by atoms with Crippen molar-refractivity contribution in [2.24, 2.45) is 16.6 Å². The molecule has 0 heterocycles. The molecule has 0 atom stereocenters. The van der Waals surface area contributed by atoms with E-state index in [2.05, 4.69) is 33.8 Å². The van der Waals surface area contributed by atoms with E-state index in [1.165, 1.54) is 24.0 Å². The minimum absolute atomic E-state index is 0. The Kier molecular flexibility index (Phi) is 6.68. The van der Waals surface area contributed by atoms with Gasteiger partial charge in [0.05, 0.1) is 6.54 Å². The van der Waals surface area contributed by atoms with Gasteiger partial charge in [-0.15, -0.1) is 24.0 Å². The molecule has 1 fully saturated rings. The van der Waals surface area contributed by atoms with Crippen LogP contribution in [-0.4, -0.2) is 25.0 Å². The molecule has 0 radical (unpaired) electrons. The number of aryl methyl sites for hydroxylation is 1. The first-order valence-electron chi connectivity index (χ1n) is 8.19. The lowest BCUT2D eigenvalue weighted by Gasteiger charge is -2.19. The maximum absolute atomic E-state index is 11.5. The maximum Gasteiger partial charge on any atom is 0.223 e. The highest BCUT2D eigenvalue weighted by molar-refractivity contribution is 14.0. The zero-order valence-corrected chi connectivity index (χ0v) is 15.6. The summed E-state index contributed by atoms with van der Waals surface area (Å²) >= 11 is 0. The average molecular weight is 428 g/mol. The number of rotatable bonds is 5. The SMILES string of the molecule is I.NC(=NCCNC(=O)C1CC1)Nc1cccc2c1CCCC2. The number of hydrogen-bond acceptors (Lipinski definition) is 2. The summed E-state index contributed by atoms with van der Waals surface area (Å²) in [6.07, 6.45) is 6.80. The number of nitrogens with one attached hydrogen (secondary N) is 2. The number of hydrogen-bond donors (Lipinski definition) is 3. The molecule has 6 heteroatoms. The zero-order chi connectivity index (χ0) is 15.4. The third-order valence-electron chi connectivity index (χ3n) is 4.30. The summed E-state index contributed by atoms with van der Waals surface area (Å²) in [4.78, 5) is 15.8. The van der Waals surface area contributed by atoms with Gasteiger partial charge in [-0.25, -0.2) is 0 Å². The van der Waals surface area contributed by atoms with Crippen LogP contribution in [0.2, 0.25) is 0 Å². The summed E-state index contributed by atoms with van der Waals surface area (Å²) in [5, 5.41) is 6.09. The van der Waals surface area contributed by atoms with Crippen LogP contribution in [0.5, 0.6) is 0 Å². The average Bonchev–Trinajstić information content (AvgIpc) is 3.37. The molecule has 1 aromatic rings. The van der Waals surface area contributed by atoms with Gasteiger partial charge in [-0.2, -0.15) is 0 Å². The van der Waals surface area contributed by atoms with Crippen LogP contribution in [0.4, 0.5) is 5.69 Å². The van der Waals surface area contributed by atoms with Crippen LogP contribution in [0, 0.1) is 5.92 Å². The number of fused-ring (bicyclic) bond motifs is 1. The Morgan fingerprint density at radius 1 is 1.26 bits per heavy atom. The Morgan fingerprint density at radius 2 is 2.04 bits per heavy atom. The topological polar surface area (TPSA) is 79.5 Å². The number of guanidine groups is 1. The van der Waals surface area contributed by atoms with Gasteiger partial charge in [0.2, 0.25) is 5.91 Å². The number of halogens is 1. The lowest BCUT2D eigenvalue weighted by atomic mass is 9.90. The van der Waals surface area contributed by atoms with E-state index in [0.29, 0.717) is 19.0 Å². The maximum atomic E-state index is 11.5. The molecule has 1 aromatic carbocycles. The number of carbonyl (C=O) groups excluding carboxylic acids is 1. The van der Waals surface area contributed by atoms with Crippen LogP contribution in [-0.2, 0) is 17.6 Å². The fourth-order valence-corrected chi connectivity index (χ4v) is 2.92. The number of anilines is 1. The fourth-order valence-electron chi connectivity index (χ4n) is 2.92. The van der Waals surface area contributed by atoms with E-state index in [1.54, 1.807) is 0 Å². The fraction of sp³-hybridized carbons (Fsp3) is 0.529. The number of amides is 1. The van der Waals surface area contributed by atoms with E-state index >= 15 is 0 Å². The predicted molar refractivity (Wildman–Crippen MR) is 104 cm³/mol. The summed E-state index contributed by atoms with van der Waals surface area (Å²) in [6, 6.07) is 6.32. The normalized spacial score (nSPS) is 17.0. The van der Waals surface area contributed by atoms with E-state index in [0.717, 1.165) is 31.4 Å². The number of nitrogens with two attached hydrogens (primary N) is 1. The van der Waals surface area contributed by atoms with Gasteiger partial charge >= 0.3 is 0 Å². The van der Waals surface area contributed by atoms with Crippen molar-refractivity contribution in [2.75, 3.05) is 18.4 Å². The molecule has 0 aromatic heterocycles.